The Morgan fingerprint density at radius 3 is 2.22 bits per heavy atom. The van der Waals surface area contributed by atoms with Crippen molar-refractivity contribution in [2.24, 2.45) is 0 Å². The minimum atomic E-state index is -3.85. The van der Waals surface area contributed by atoms with Crippen LogP contribution >= 0.6 is 0 Å². The first kappa shape index (κ1) is 22.9. The molecule has 32 heavy (non-hydrogen) atoms. The van der Waals surface area contributed by atoms with Crippen molar-refractivity contribution in [3.63, 3.8) is 0 Å². The summed E-state index contributed by atoms with van der Waals surface area (Å²) < 4.78 is 46.7. The van der Waals surface area contributed by atoms with E-state index in [-0.39, 0.29) is 22.0 Å². The van der Waals surface area contributed by atoms with Crippen molar-refractivity contribution in [1.82, 2.24) is 14.5 Å². The molecule has 0 unspecified atom stereocenters. The Kier molecular flexibility index (Phi) is 6.89. The molecule has 3 rings (SSSR count). The number of methoxy groups -OCH3 is 4. The van der Waals surface area contributed by atoms with Crippen LogP contribution in [-0.2, 0) is 16.5 Å². The monoisotopic (exact) mass is 460 g/mol. The van der Waals surface area contributed by atoms with Gasteiger partial charge >= 0.3 is 0 Å². The molecular weight excluding hydrogens is 436 g/mol. The fourth-order valence-corrected chi connectivity index (χ4v) is 4.41. The van der Waals surface area contributed by atoms with Gasteiger partial charge in [0.25, 0.3) is 5.91 Å². The smallest absolute Gasteiger partial charge is 0.263 e. The van der Waals surface area contributed by atoms with E-state index in [1.165, 1.54) is 46.6 Å². The average Bonchev–Trinajstić information content (AvgIpc) is 3.30. The molecule has 11 heteroatoms. The number of carbonyl (C=O) groups excluding carboxylic acids is 1. The van der Waals surface area contributed by atoms with Gasteiger partial charge in [-0.2, -0.15) is 5.10 Å². The molecule has 1 amide bonds. The van der Waals surface area contributed by atoms with Crippen LogP contribution in [0.3, 0.4) is 0 Å². The number of rotatable bonds is 9. The molecule has 0 saturated heterocycles. The van der Waals surface area contributed by atoms with Gasteiger partial charge in [0.05, 0.1) is 35.0 Å². The van der Waals surface area contributed by atoms with Gasteiger partial charge in [0.2, 0.25) is 0 Å². The molecular formula is C21H24N4O6S. The zero-order valence-electron chi connectivity index (χ0n) is 18.1. The Labute approximate surface area is 186 Å². The topological polar surface area (TPSA) is 125 Å². The van der Waals surface area contributed by atoms with E-state index >= 15 is 0 Å². The number of amides is 1. The van der Waals surface area contributed by atoms with Gasteiger partial charge in [0.1, 0.15) is 23.0 Å². The van der Waals surface area contributed by atoms with Crippen LogP contribution in [0.25, 0.3) is 0 Å². The highest BCUT2D eigenvalue weighted by atomic mass is 32.2. The normalized spacial score (nSPS) is 12.5. The molecule has 2 N–H and O–H groups in total. The van der Waals surface area contributed by atoms with E-state index in [1.54, 1.807) is 29.1 Å². The quantitative estimate of drug-likeness (QED) is 0.503. The summed E-state index contributed by atoms with van der Waals surface area (Å²) in [5.74, 6) is 0.321. The summed E-state index contributed by atoms with van der Waals surface area (Å²) in [6, 6.07) is 9.54. The molecule has 0 saturated carbocycles. The number of aromatic nitrogens is 2. The van der Waals surface area contributed by atoms with Crippen LogP contribution in [0, 0.1) is 4.78 Å². The van der Waals surface area contributed by atoms with Crippen molar-refractivity contribution in [3.8, 4) is 23.0 Å². The number of ether oxygens (including phenoxy) is 4. The van der Waals surface area contributed by atoms with Crippen LogP contribution in [0.2, 0.25) is 0 Å². The third-order valence-corrected chi connectivity index (χ3v) is 6.08. The summed E-state index contributed by atoms with van der Waals surface area (Å²) in [6.45, 7) is 0.452. The Balaban J connectivity index is 1.91. The van der Waals surface area contributed by atoms with Crippen LogP contribution in [0.15, 0.2) is 53.7 Å². The van der Waals surface area contributed by atoms with Gasteiger partial charge in [0.15, 0.2) is 14.8 Å². The van der Waals surface area contributed by atoms with Gasteiger partial charge in [-0.1, -0.05) is 6.07 Å². The Bertz CT molecular complexity index is 1180. The number of nitrogens with one attached hydrogen (secondary N) is 2. The van der Waals surface area contributed by atoms with Gasteiger partial charge < -0.3 is 18.9 Å². The molecule has 1 heterocycles. The standard InChI is InChI=1S/C21H24N4O6S/c1-28-16-11-18(30-3)20(19(12-16)31-4)32(22,27)24-21(26)14-6-7-15(17(10-14)29-2)13-25-9-5-8-23-25/h5-12H,13H2,1-4H3,(H2,22,24,26,27)/t32-/m0/s1. The molecule has 0 fully saturated rings. The lowest BCUT2D eigenvalue weighted by atomic mass is 10.1. The van der Waals surface area contributed by atoms with Crippen LogP contribution in [0.4, 0.5) is 0 Å². The number of hydrogen-bond acceptors (Lipinski definition) is 8. The molecule has 2 aromatic carbocycles. The maximum absolute atomic E-state index is 13.3. The number of carbonyl (C=O) groups is 1. The number of hydrogen-bond donors (Lipinski definition) is 2. The molecule has 170 valence electrons. The first-order chi connectivity index (χ1) is 15.3. The van der Waals surface area contributed by atoms with Gasteiger partial charge in [-0.15, -0.1) is 0 Å². The summed E-state index contributed by atoms with van der Waals surface area (Å²) >= 11 is 0. The highest BCUT2D eigenvalue weighted by molar-refractivity contribution is 7.91. The second-order valence-electron chi connectivity index (χ2n) is 6.58. The van der Waals surface area contributed by atoms with E-state index in [0.29, 0.717) is 18.0 Å². The third kappa shape index (κ3) is 4.78. The maximum Gasteiger partial charge on any atom is 0.263 e. The van der Waals surface area contributed by atoms with Crippen LogP contribution < -0.4 is 23.7 Å². The average molecular weight is 461 g/mol. The van der Waals surface area contributed by atoms with Crippen molar-refractivity contribution in [1.29, 1.82) is 4.78 Å². The van der Waals surface area contributed by atoms with Crippen LogP contribution in [-0.4, -0.2) is 48.3 Å². The first-order valence-electron chi connectivity index (χ1n) is 9.38. The Morgan fingerprint density at radius 1 is 1.03 bits per heavy atom. The summed E-state index contributed by atoms with van der Waals surface area (Å²) in [5, 5.41) is 4.16. The molecule has 0 aliphatic rings. The zero-order valence-corrected chi connectivity index (χ0v) is 18.9. The highest BCUT2D eigenvalue weighted by Crippen LogP contribution is 2.37. The van der Waals surface area contributed by atoms with E-state index in [9.17, 15) is 9.00 Å². The molecule has 10 nitrogen and oxygen atoms in total. The lowest BCUT2D eigenvalue weighted by Crippen LogP contribution is -2.30. The van der Waals surface area contributed by atoms with Gasteiger partial charge in [0, 0.05) is 35.7 Å². The second kappa shape index (κ2) is 9.60. The minimum Gasteiger partial charge on any atom is -0.496 e. The summed E-state index contributed by atoms with van der Waals surface area (Å²) in [6.07, 6.45) is 3.48. The molecule has 1 atom stereocenters. The maximum atomic E-state index is 13.3. The SMILES string of the molecule is COc1cc(OC)c([S@@](=N)(=O)NC(=O)c2ccc(Cn3cccn3)c(OC)c2)c(OC)c1. The molecule has 0 spiro atoms. The van der Waals surface area contributed by atoms with E-state index in [4.69, 9.17) is 23.7 Å². The first-order valence-corrected chi connectivity index (χ1v) is 10.9. The molecule has 0 aliphatic carbocycles. The Morgan fingerprint density at radius 2 is 1.69 bits per heavy atom. The summed E-state index contributed by atoms with van der Waals surface area (Å²) in [5.41, 5.74) is 0.982. The van der Waals surface area contributed by atoms with Crippen LogP contribution in [0.5, 0.6) is 23.0 Å². The van der Waals surface area contributed by atoms with Gasteiger partial charge in [-0.25, -0.2) is 8.99 Å². The molecule has 0 bridgehead atoms. The van der Waals surface area contributed by atoms with Crippen molar-refractivity contribution in [3.05, 3.63) is 59.9 Å². The van der Waals surface area contributed by atoms with Crippen molar-refractivity contribution in [2.75, 3.05) is 28.4 Å². The van der Waals surface area contributed by atoms with Crippen molar-refractivity contribution in [2.45, 2.75) is 11.4 Å². The van der Waals surface area contributed by atoms with E-state index in [0.717, 1.165) is 5.56 Å². The molecule has 0 radical (unpaired) electrons. The van der Waals surface area contributed by atoms with E-state index in [1.807, 2.05) is 6.20 Å². The second-order valence-corrected chi connectivity index (χ2v) is 8.30. The Hall–Kier alpha value is -3.73. The lowest BCUT2D eigenvalue weighted by molar-refractivity contribution is 0.0982. The van der Waals surface area contributed by atoms with Crippen LogP contribution in [0.1, 0.15) is 15.9 Å². The predicted molar refractivity (Wildman–Crippen MR) is 117 cm³/mol. The van der Waals surface area contributed by atoms with Gasteiger partial charge in [-0.05, 0) is 18.2 Å². The highest BCUT2D eigenvalue weighted by Gasteiger charge is 2.26. The molecule has 3 aromatic rings. The van der Waals surface area contributed by atoms with E-state index in [2.05, 4.69) is 9.82 Å². The summed E-state index contributed by atoms with van der Waals surface area (Å²) in [4.78, 5) is 12.8. The van der Waals surface area contributed by atoms with Gasteiger partial charge in [-0.3, -0.25) is 14.2 Å². The third-order valence-electron chi connectivity index (χ3n) is 4.63. The molecule has 0 aliphatic heterocycles. The fraction of sp³-hybridized carbons (Fsp3) is 0.238. The number of benzene rings is 2. The largest absolute Gasteiger partial charge is 0.496 e. The summed E-state index contributed by atoms with van der Waals surface area (Å²) in [7, 11) is 1.82. The molecule has 1 aromatic heterocycles. The van der Waals surface area contributed by atoms with E-state index < -0.39 is 15.8 Å². The zero-order chi connectivity index (χ0) is 23.3. The fourth-order valence-electron chi connectivity index (χ4n) is 3.08. The predicted octanol–water partition coefficient (Wildman–Crippen LogP) is 2.72. The lowest BCUT2D eigenvalue weighted by Gasteiger charge is -2.18. The van der Waals surface area contributed by atoms with Crippen molar-refractivity contribution < 1.29 is 28.0 Å². The minimum absolute atomic E-state index is 0.0913. The number of nitrogens with zero attached hydrogens (tertiary/aromatic N) is 2. The van der Waals surface area contributed by atoms with Crippen molar-refractivity contribution >= 4 is 15.8 Å².